The Balaban J connectivity index is 2.15. The molecule has 24 heavy (non-hydrogen) atoms. The summed E-state index contributed by atoms with van der Waals surface area (Å²) in [6.45, 7) is 4.28. The highest BCUT2D eigenvalue weighted by atomic mass is 35.5. The average molecular weight is 359 g/mol. The molecule has 0 radical (unpaired) electrons. The van der Waals surface area contributed by atoms with E-state index in [4.69, 9.17) is 16.9 Å². The minimum absolute atomic E-state index is 0.00551. The first-order valence-electron chi connectivity index (χ1n) is 7.68. The molecule has 0 saturated carbocycles. The number of carbonyl (C=O) groups excluding carboxylic acids is 1. The molecule has 0 aliphatic heterocycles. The van der Waals surface area contributed by atoms with Crippen molar-refractivity contribution in [3.05, 3.63) is 59.1 Å². The number of nitriles is 1. The Kier molecular flexibility index (Phi) is 6.72. The van der Waals surface area contributed by atoms with Gasteiger partial charge in [-0.1, -0.05) is 29.3 Å². The number of halogens is 1. The van der Waals surface area contributed by atoms with Gasteiger partial charge in [-0.3, -0.25) is 4.79 Å². The summed E-state index contributed by atoms with van der Waals surface area (Å²) >= 11 is 7.38. The van der Waals surface area contributed by atoms with Crippen LogP contribution in [0.5, 0.6) is 0 Å². The van der Waals surface area contributed by atoms with Crippen LogP contribution in [0.1, 0.15) is 18.9 Å². The zero-order chi connectivity index (χ0) is 17.5. The quantitative estimate of drug-likeness (QED) is 0.676. The largest absolute Gasteiger partial charge is 0.310 e. The van der Waals surface area contributed by atoms with Crippen LogP contribution in [0.4, 0.5) is 5.69 Å². The van der Waals surface area contributed by atoms with Crippen molar-refractivity contribution in [2.24, 2.45) is 0 Å². The number of anilines is 1. The van der Waals surface area contributed by atoms with E-state index in [1.165, 1.54) is 11.8 Å². The maximum Gasteiger partial charge on any atom is 0.240 e. The fourth-order valence-corrected chi connectivity index (χ4v) is 3.30. The standard InChI is InChI=1S/C19H19ClN2OS/c1-14-4-8-17(9-5-14)22(13-3-12-21)19(23)15(2)24-18-10-6-16(20)7-11-18/h4-11,15H,3,13H2,1-2H3. The molecule has 2 aromatic rings. The van der Waals surface area contributed by atoms with Crippen molar-refractivity contribution in [1.29, 1.82) is 5.26 Å². The topological polar surface area (TPSA) is 44.1 Å². The van der Waals surface area contributed by atoms with Gasteiger partial charge < -0.3 is 4.90 Å². The van der Waals surface area contributed by atoms with Gasteiger partial charge >= 0.3 is 0 Å². The lowest BCUT2D eigenvalue weighted by Crippen LogP contribution is -2.37. The molecule has 1 unspecified atom stereocenters. The van der Waals surface area contributed by atoms with Crippen molar-refractivity contribution in [3.8, 4) is 6.07 Å². The molecule has 1 amide bonds. The number of rotatable bonds is 6. The minimum Gasteiger partial charge on any atom is -0.310 e. The van der Waals surface area contributed by atoms with Crippen molar-refractivity contribution in [2.45, 2.75) is 30.4 Å². The first-order valence-corrected chi connectivity index (χ1v) is 8.94. The highest BCUT2D eigenvalue weighted by Crippen LogP contribution is 2.27. The van der Waals surface area contributed by atoms with Crippen LogP contribution in [0, 0.1) is 18.3 Å². The number of carbonyl (C=O) groups is 1. The van der Waals surface area contributed by atoms with Crippen molar-refractivity contribution in [1.82, 2.24) is 0 Å². The molecule has 0 aliphatic rings. The van der Waals surface area contributed by atoms with E-state index in [2.05, 4.69) is 6.07 Å². The normalized spacial score (nSPS) is 11.6. The van der Waals surface area contributed by atoms with Crippen molar-refractivity contribution >= 4 is 35.0 Å². The molecule has 0 saturated heterocycles. The lowest BCUT2D eigenvalue weighted by molar-refractivity contribution is -0.117. The number of hydrogen-bond acceptors (Lipinski definition) is 3. The molecule has 1 atom stereocenters. The van der Waals surface area contributed by atoms with Gasteiger partial charge in [0, 0.05) is 22.2 Å². The van der Waals surface area contributed by atoms with Gasteiger partial charge in [0.25, 0.3) is 0 Å². The maximum absolute atomic E-state index is 12.9. The van der Waals surface area contributed by atoms with Crippen LogP contribution in [0.2, 0.25) is 5.02 Å². The third-order valence-electron chi connectivity index (χ3n) is 3.53. The zero-order valence-electron chi connectivity index (χ0n) is 13.7. The number of aryl methyl sites for hydroxylation is 1. The minimum atomic E-state index is -0.258. The van der Waals surface area contributed by atoms with Crippen LogP contribution in [0.25, 0.3) is 0 Å². The van der Waals surface area contributed by atoms with E-state index in [0.717, 1.165) is 16.1 Å². The van der Waals surface area contributed by atoms with Crippen LogP contribution in [-0.4, -0.2) is 17.7 Å². The third kappa shape index (κ3) is 5.02. The number of amides is 1. The second-order valence-corrected chi connectivity index (χ2v) is 7.30. The molecule has 0 bridgehead atoms. The SMILES string of the molecule is Cc1ccc(N(CCC#N)C(=O)C(C)Sc2ccc(Cl)cc2)cc1. The fraction of sp³-hybridized carbons (Fsp3) is 0.263. The first kappa shape index (κ1) is 18.4. The summed E-state index contributed by atoms with van der Waals surface area (Å²) in [6, 6.07) is 17.3. The summed E-state index contributed by atoms with van der Waals surface area (Å²) in [5, 5.41) is 9.30. The second-order valence-electron chi connectivity index (χ2n) is 5.45. The first-order chi connectivity index (χ1) is 11.5. The Labute approximate surface area is 152 Å². The van der Waals surface area contributed by atoms with Crippen molar-refractivity contribution < 1.29 is 4.79 Å². The Morgan fingerprint density at radius 1 is 1.21 bits per heavy atom. The summed E-state index contributed by atoms with van der Waals surface area (Å²) in [5.74, 6) is -0.00551. The van der Waals surface area contributed by atoms with Crippen molar-refractivity contribution in [2.75, 3.05) is 11.4 Å². The summed E-state index contributed by atoms with van der Waals surface area (Å²) in [5.41, 5.74) is 1.96. The Hall–Kier alpha value is -1.96. The van der Waals surface area contributed by atoms with Gasteiger partial charge in [-0.15, -0.1) is 11.8 Å². The molecule has 2 aromatic carbocycles. The van der Waals surface area contributed by atoms with E-state index >= 15 is 0 Å². The van der Waals surface area contributed by atoms with Gasteiger partial charge in [-0.05, 0) is 50.2 Å². The Morgan fingerprint density at radius 3 is 2.42 bits per heavy atom. The summed E-state index contributed by atoms with van der Waals surface area (Å²) in [6.07, 6.45) is 0.304. The van der Waals surface area contributed by atoms with Crippen LogP contribution in [0.15, 0.2) is 53.4 Å². The lowest BCUT2D eigenvalue weighted by Gasteiger charge is -2.25. The number of thioether (sulfide) groups is 1. The van der Waals surface area contributed by atoms with Crippen LogP contribution < -0.4 is 4.90 Å². The van der Waals surface area contributed by atoms with E-state index in [1.54, 1.807) is 4.90 Å². The van der Waals surface area contributed by atoms with E-state index in [0.29, 0.717) is 18.0 Å². The van der Waals surface area contributed by atoms with Gasteiger partial charge in [-0.2, -0.15) is 5.26 Å². The average Bonchev–Trinajstić information content (AvgIpc) is 2.58. The van der Waals surface area contributed by atoms with E-state index < -0.39 is 0 Å². The van der Waals surface area contributed by atoms with Gasteiger partial charge in [0.1, 0.15) is 0 Å². The fourth-order valence-electron chi connectivity index (χ4n) is 2.24. The zero-order valence-corrected chi connectivity index (χ0v) is 15.3. The van der Waals surface area contributed by atoms with Gasteiger partial charge in [0.15, 0.2) is 0 Å². The van der Waals surface area contributed by atoms with Crippen LogP contribution >= 0.6 is 23.4 Å². The smallest absolute Gasteiger partial charge is 0.240 e. The number of nitrogens with zero attached hydrogens (tertiary/aromatic N) is 2. The van der Waals surface area contributed by atoms with E-state index in [-0.39, 0.29) is 11.2 Å². The Morgan fingerprint density at radius 2 is 1.83 bits per heavy atom. The van der Waals surface area contributed by atoms with Gasteiger partial charge in [-0.25, -0.2) is 0 Å². The summed E-state index contributed by atoms with van der Waals surface area (Å²) < 4.78 is 0. The van der Waals surface area contributed by atoms with Crippen molar-refractivity contribution in [3.63, 3.8) is 0 Å². The molecular weight excluding hydrogens is 340 g/mol. The maximum atomic E-state index is 12.9. The van der Waals surface area contributed by atoms with Crippen LogP contribution in [0.3, 0.4) is 0 Å². The second kappa shape index (κ2) is 8.77. The molecule has 0 N–H and O–H groups in total. The highest BCUT2D eigenvalue weighted by molar-refractivity contribution is 8.00. The monoisotopic (exact) mass is 358 g/mol. The molecule has 3 nitrogen and oxygen atoms in total. The number of benzene rings is 2. The Bertz CT molecular complexity index is 723. The number of hydrogen-bond donors (Lipinski definition) is 0. The molecule has 2 rings (SSSR count). The molecule has 0 aromatic heterocycles. The van der Waals surface area contributed by atoms with Crippen LogP contribution in [-0.2, 0) is 4.79 Å². The van der Waals surface area contributed by atoms with Gasteiger partial charge in [0.05, 0.1) is 17.7 Å². The predicted octanol–water partition coefficient (Wildman–Crippen LogP) is 5.08. The molecule has 0 aliphatic carbocycles. The molecule has 0 heterocycles. The van der Waals surface area contributed by atoms with E-state index in [9.17, 15) is 4.79 Å². The lowest BCUT2D eigenvalue weighted by atomic mass is 10.2. The molecule has 0 fully saturated rings. The molecular formula is C19H19ClN2OS. The van der Waals surface area contributed by atoms with E-state index in [1.807, 2.05) is 62.4 Å². The molecule has 0 spiro atoms. The summed E-state index contributed by atoms with van der Waals surface area (Å²) in [4.78, 5) is 15.6. The molecule has 124 valence electrons. The third-order valence-corrected chi connectivity index (χ3v) is 4.88. The summed E-state index contributed by atoms with van der Waals surface area (Å²) in [7, 11) is 0. The predicted molar refractivity (Wildman–Crippen MR) is 101 cm³/mol. The molecule has 5 heteroatoms. The highest BCUT2D eigenvalue weighted by Gasteiger charge is 2.22. The van der Waals surface area contributed by atoms with Gasteiger partial charge in [0.2, 0.25) is 5.91 Å².